The minimum absolute atomic E-state index is 0.219. The van der Waals surface area contributed by atoms with Crippen molar-refractivity contribution in [2.45, 2.75) is 13.8 Å². The van der Waals surface area contributed by atoms with Crippen LogP contribution in [-0.4, -0.2) is 34.7 Å². The van der Waals surface area contributed by atoms with Crippen molar-refractivity contribution < 1.29 is 4.39 Å². The highest BCUT2D eigenvalue weighted by molar-refractivity contribution is 5.88. The maximum Gasteiger partial charge on any atom is 0.182 e. The van der Waals surface area contributed by atoms with Crippen molar-refractivity contribution in [1.29, 1.82) is 5.26 Å². The van der Waals surface area contributed by atoms with Gasteiger partial charge in [-0.15, -0.1) is 0 Å². The fourth-order valence-electron chi connectivity index (χ4n) is 3.28. The molecule has 0 radical (unpaired) electrons. The van der Waals surface area contributed by atoms with Gasteiger partial charge in [0.05, 0.1) is 40.5 Å². The number of pyridine rings is 1. The summed E-state index contributed by atoms with van der Waals surface area (Å²) >= 11 is 0. The molecule has 154 valence electrons. The quantitative estimate of drug-likeness (QED) is 0.433. The Labute approximate surface area is 182 Å². The van der Waals surface area contributed by atoms with E-state index in [0.717, 1.165) is 11.4 Å². The van der Waals surface area contributed by atoms with E-state index in [-0.39, 0.29) is 11.1 Å². The summed E-state index contributed by atoms with van der Waals surface area (Å²) in [6.45, 7) is 3.67. The summed E-state index contributed by atoms with van der Waals surface area (Å²) in [5.41, 5.74) is 4.39. The number of benzene rings is 1. The number of nitrogens with zero attached hydrogens (tertiary/aromatic N) is 8. The molecule has 0 saturated carbocycles. The van der Waals surface area contributed by atoms with Crippen LogP contribution in [0.2, 0.25) is 0 Å². The molecule has 5 rings (SSSR count). The zero-order valence-electron chi connectivity index (χ0n) is 17.2. The van der Waals surface area contributed by atoms with Crippen molar-refractivity contribution >= 4 is 11.2 Å². The number of aromatic nitrogens is 7. The highest BCUT2D eigenvalue weighted by Gasteiger charge is 2.19. The van der Waals surface area contributed by atoms with Gasteiger partial charge < -0.3 is 0 Å². The predicted octanol–water partition coefficient (Wildman–Crippen LogP) is 3.96. The molecule has 4 aromatic heterocycles. The summed E-state index contributed by atoms with van der Waals surface area (Å²) < 4.78 is 16.6. The summed E-state index contributed by atoms with van der Waals surface area (Å²) in [7, 11) is 0. The molecular formula is C23H15FN8. The summed E-state index contributed by atoms with van der Waals surface area (Å²) in [5, 5.41) is 13.5. The van der Waals surface area contributed by atoms with Crippen LogP contribution in [0, 0.1) is 31.0 Å². The van der Waals surface area contributed by atoms with E-state index in [1.807, 2.05) is 32.0 Å². The lowest BCUT2D eigenvalue weighted by Crippen LogP contribution is -2.02. The smallest absolute Gasteiger partial charge is 0.182 e. The number of hydrogen-bond donors (Lipinski definition) is 0. The minimum atomic E-state index is -0.567. The van der Waals surface area contributed by atoms with Crippen molar-refractivity contribution in [2.75, 3.05) is 0 Å². The molecule has 0 fully saturated rings. The van der Waals surface area contributed by atoms with Gasteiger partial charge in [0.15, 0.2) is 11.5 Å². The Balaban J connectivity index is 1.73. The Kier molecular flexibility index (Phi) is 4.60. The van der Waals surface area contributed by atoms with Crippen LogP contribution in [0.1, 0.15) is 17.0 Å². The summed E-state index contributed by atoms with van der Waals surface area (Å²) in [5.74, 6) is -0.225. The summed E-state index contributed by atoms with van der Waals surface area (Å²) in [4.78, 5) is 22.4. The molecule has 1 aromatic carbocycles. The van der Waals surface area contributed by atoms with Gasteiger partial charge in [0.25, 0.3) is 0 Å². The first kappa shape index (κ1) is 19.4. The second-order valence-electron chi connectivity index (χ2n) is 7.15. The van der Waals surface area contributed by atoms with Crippen molar-refractivity contribution in [3.8, 4) is 34.4 Å². The molecule has 8 nitrogen and oxygen atoms in total. The van der Waals surface area contributed by atoms with Gasteiger partial charge in [-0.3, -0.25) is 4.98 Å². The topological polar surface area (TPSA) is 106 Å². The molecule has 0 spiro atoms. The summed E-state index contributed by atoms with van der Waals surface area (Å²) in [6.07, 6.45) is 6.77. The molecule has 9 heteroatoms. The molecule has 0 bridgehead atoms. The first-order valence-corrected chi connectivity index (χ1v) is 9.72. The van der Waals surface area contributed by atoms with E-state index in [1.165, 1.54) is 12.1 Å². The second kappa shape index (κ2) is 7.59. The number of nitriles is 1. The van der Waals surface area contributed by atoms with E-state index >= 15 is 0 Å². The standard InChI is InChI=1S/C23H15FN8/c1-13-14(2)29-23-21(28-13)20(18-4-3-15(10-25)9-19(18)24)30-22(31-23)16-11-27-32(12-16)17-5-7-26-8-6-17/h3-9,11-12H,1-2H3. The summed E-state index contributed by atoms with van der Waals surface area (Å²) in [6, 6.07) is 9.84. The molecule has 0 aliphatic heterocycles. The molecule has 32 heavy (non-hydrogen) atoms. The zero-order valence-corrected chi connectivity index (χ0v) is 17.2. The van der Waals surface area contributed by atoms with Crippen LogP contribution in [0.3, 0.4) is 0 Å². The lowest BCUT2D eigenvalue weighted by atomic mass is 10.1. The number of rotatable bonds is 3. The average molecular weight is 422 g/mol. The van der Waals surface area contributed by atoms with Gasteiger partial charge in [0, 0.05) is 24.2 Å². The molecule has 0 atom stereocenters. The fourth-order valence-corrected chi connectivity index (χ4v) is 3.28. The molecule has 0 aliphatic rings. The number of aryl methyl sites for hydroxylation is 2. The van der Waals surface area contributed by atoms with E-state index in [1.54, 1.807) is 35.5 Å². The third-order valence-corrected chi connectivity index (χ3v) is 5.06. The van der Waals surface area contributed by atoms with Crippen LogP contribution in [0.4, 0.5) is 4.39 Å². The molecule has 0 amide bonds. The van der Waals surface area contributed by atoms with Gasteiger partial charge in [0.2, 0.25) is 0 Å². The van der Waals surface area contributed by atoms with Crippen molar-refractivity contribution in [2.24, 2.45) is 0 Å². The SMILES string of the molecule is Cc1nc2nc(-c3cnn(-c4ccncc4)c3)nc(-c3ccc(C#N)cc3F)c2nc1C. The number of fused-ring (bicyclic) bond motifs is 1. The lowest BCUT2D eigenvalue weighted by molar-refractivity contribution is 0.630. The Bertz CT molecular complexity index is 1520. The first-order chi connectivity index (χ1) is 15.5. The highest BCUT2D eigenvalue weighted by atomic mass is 19.1. The van der Waals surface area contributed by atoms with E-state index in [2.05, 4.69) is 30.0 Å². The van der Waals surface area contributed by atoms with Gasteiger partial charge in [0.1, 0.15) is 17.0 Å². The molecule has 0 saturated heterocycles. The van der Waals surface area contributed by atoms with Crippen molar-refractivity contribution in [3.05, 3.63) is 77.9 Å². The van der Waals surface area contributed by atoms with Gasteiger partial charge >= 0.3 is 0 Å². The normalized spacial score (nSPS) is 10.9. The van der Waals surface area contributed by atoms with Crippen molar-refractivity contribution in [1.82, 2.24) is 34.7 Å². The number of halogens is 1. The van der Waals surface area contributed by atoms with Crippen LogP contribution < -0.4 is 0 Å². The Morgan fingerprint density at radius 1 is 0.969 bits per heavy atom. The first-order valence-electron chi connectivity index (χ1n) is 9.72. The van der Waals surface area contributed by atoms with Crippen LogP contribution in [0.5, 0.6) is 0 Å². The molecule has 5 aromatic rings. The second-order valence-corrected chi connectivity index (χ2v) is 7.15. The van der Waals surface area contributed by atoms with Gasteiger partial charge in [-0.25, -0.2) is 29.0 Å². The zero-order chi connectivity index (χ0) is 22.2. The minimum Gasteiger partial charge on any atom is -0.265 e. The highest BCUT2D eigenvalue weighted by Crippen LogP contribution is 2.30. The molecule has 0 unspecified atom stereocenters. The maximum absolute atomic E-state index is 14.9. The van der Waals surface area contributed by atoms with Crippen LogP contribution in [0.15, 0.2) is 55.1 Å². The fraction of sp³-hybridized carbons (Fsp3) is 0.0870. The van der Waals surface area contributed by atoms with Gasteiger partial charge in [-0.05, 0) is 44.2 Å². The van der Waals surface area contributed by atoms with Crippen LogP contribution in [-0.2, 0) is 0 Å². The van der Waals surface area contributed by atoms with E-state index in [9.17, 15) is 4.39 Å². The van der Waals surface area contributed by atoms with Crippen molar-refractivity contribution in [3.63, 3.8) is 0 Å². The van der Waals surface area contributed by atoms with Gasteiger partial charge in [-0.1, -0.05) is 0 Å². The van der Waals surface area contributed by atoms with E-state index < -0.39 is 5.82 Å². The van der Waals surface area contributed by atoms with E-state index in [4.69, 9.17) is 5.26 Å². The van der Waals surface area contributed by atoms with E-state index in [0.29, 0.717) is 33.9 Å². The third kappa shape index (κ3) is 3.33. The average Bonchev–Trinajstić information content (AvgIpc) is 3.30. The van der Waals surface area contributed by atoms with Crippen LogP contribution >= 0.6 is 0 Å². The Hall–Kier alpha value is -4.58. The molecular weight excluding hydrogens is 407 g/mol. The molecule has 0 N–H and O–H groups in total. The predicted molar refractivity (Wildman–Crippen MR) is 115 cm³/mol. The largest absolute Gasteiger partial charge is 0.265 e. The Morgan fingerprint density at radius 2 is 1.75 bits per heavy atom. The third-order valence-electron chi connectivity index (χ3n) is 5.06. The molecule has 0 aliphatic carbocycles. The van der Waals surface area contributed by atoms with Gasteiger partial charge in [-0.2, -0.15) is 10.4 Å². The van der Waals surface area contributed by atoms with Crippen LogP contribution in [0.25, 0.3) is 39.5 Å². The lowest BCUT2D eigenvalue weighted by Gasteiger charge is -2.10. The monoisotopic (exact) mass is 422 g/mol. The maximum atomic E-state index is 14.9. The number of hydrogen-bond acceptors (Lipinski definition) is 7. The Morgan fingerprint density at radius 3 is 2.50 bits per heavy atom. The molecule has 4 heterocycles.